The van der Waals surface area contributed by atoms with Crippen molar-refractivity contribution < 1.29 is 14.3 Å². The van der Waals surface area contributed by atoms with E-state index < -0.39 is 5.97 Å². The maximum Gasteiger partial charge on any atom is 0.339 e. The highest BCUT2D eigenvalue weighted by atomic mass is 16.5. The fourth-order valence-corrected chi connectivity index (χ4v) is 2.75. The molecular weight excluding hydrogens is 350 g/mol. The third-order valence-corrected chi connectivity index (χ3v) is 4.25. The van der Waals surface area contributed by atoms with E-state index in [1.54, 1.807) is 37.4 Å². The van der Waals surface area contributed by atoms with Gasteiger partial charge in [-0.15, -0.1) is 0 Å². The van der Waals surface area contributed by atoms with Crippen LogP contribution >= 0.6 is 0 Å². The van der Waals surface area contributed by atoms with Crippen molar-refractivity contribution in [2.45, 2.75) is 0 Å². The zero-order chi connectivity index (χ0) is 19.8. The van der Waals surface area contributed by atoms with Crippen LogP contribution in [-0.2, 0) is 4.74 Å². The van der Waals surface area contributed by atoms with E-state index in [1.165, 1.54) is 4.90 Å². The van der Waals surface area contributed by atoms with Crippen LogP contribution in [-0.4, -0.2) is 25.5 Å². The Bertz CT molecular complexity index is 965. The lowest BCUT2D eigenvalue weighted by atomic mass is 10.1. The standard InChI is InChI=1S/C24H21NO3/c1-25(20-14-6-3-7-15-20)23(26)21-16-8-9-17-22(21)24(27)28-18-10-13-19-11-4-2-5-12-19/h2-17H,18H2,1H3/b13-10+. The molecule has 0 N–H and O–H groups in total. The second kappa shape index (κ2) is 9.33. The van der Waals surface area contributed by atoms with Gasteiger partial charge in [-0.25, -0.2) is 4.79 Å². The van der Waals surface area contributed by atoms with Gasteiger partial charge in [-0.1, -0.05) is 66.7 Å². The Hall–Kier alpha value is -3.66. The number of hydrogen-bond acceptors (Lipinski definition) is 3. The van der Waals surface area contributed by atoms with Gasteiger partial charge in [0.2, 0.25) is 0 Å². The van der Waals surface area contributed by atoms with Crippen LogP contribution in [0.4, 0.5) is 5.69 Å². The fourth-order valence-electron chi connectivity index (χ4n) is 2.75. The van der Waals surface area contributed by atoms with Crippen LogP contribution in [0.1, 0.15) is 26.3 Å². The summed E-state index contributed by atoms with van der Waals surface area (Å²) in [5.41, 5.74) is 2.34. The zero-order valence-electron chi connectivity index (χ0n) is 15.6. The molecule has 0 aromatic heterocycles. The van der Waals surface area contributed by atoms with Gasteiger partial charge in [-0.3, -0.25) is 4.79 Å². The van der Waals surface area contributed by atoms with Gasteiger partial charge in [0.1, 0.15) is 6.61 Å². The van der Waals surface area contributed by atoms with Crippen LogP contribution in [0.15, 0.2) is 91.0 Å². The van der Waals surface area contributed by atoms with E-state index >= 15 is 0 Å². The Labute approximate surface area is 164 Å². The molecule has 1 amide bonds. The van der Waals surface area contributed by atoms with Crippen molar-refractivity contribution in [1.29, 1.82) is 0 Å². The summed E-state index contributed by atoms with van der Waals surface area (Å²) in [4.78, 5) is 26.9. The number of benzene rings is 3. The summed E-state index contributed by atoms with van der Waals surface area (Å²) in [6.07, 6.45) is 3.65. The van der Waals surface area contributed by atoms with Gasteiger partial charge in [-0.2, -0.15) is 0 Å². The number of rotatable bonds is 6. The highest BCUT2D eigenvalue weighted by Crippen LogP contribution is 2.18. The first kappa shape index (κ1) is 19.1. The van der Waals surface area contributed by atoms with Crippen molar-refractivity contribution in [1.82, 2.24) is 0 Å². The first-order valence-corrected chi connectivity index (χ1v) is 8.97. The van der Waals surface area contributed by atoms with Crippen LogP contribution in [0, 0.1) is 0 Å². The molecule has 0 atom stereocenters. The quantitative estimate of drug-likeness (QED) is 0.583. The second-order valence-electron chi connectivity index (χ2n) is 6.16. The Morgan fingerprint density at radius 1 is 0.821 bits per heavy atom. The largest absolute Gasteiger partial charge is 0.458 e. The van der Waals surface area contributed by atoms with E-state index in [0.717, 1.165) is 11.3 Å². The lowest BCUT2D eigenvalue weighted by Crippen LogP contribution is -2.28. The number of amides is 1. The second-order valence-corrected chi connectivity index (χ2v) is 6.16. The van der Waals surface area contributed by atoms with Crippen molar-refractivity contribution in [3.05, 3.63) is 108 Å². The zero-order valence-corrected chi connectivity index (χ0v) is 15.6. The Morgan fingerprint density at radius 3 is 2.07 bits per heavy atom. The number of carbonyl (C=O) groups is 2. The van der Waals surface area contributed by atoms with Gasteiger partial charge >= 0.3 is 5.97 Å². The number of nitrogens with zero attached hydrogens (tertiary/aromatic N) is 1. The van der Waals surface area contributed by atoms with E-state index in [1.807, 2.05) is 66.7 Å². The summed E-state index contributed by atoms with van der Waals surface area (Å²) in [5.74, 6) is -0.790. The smallest absolute Gasteiger partial charge is 0.339 e. The Balaban J connectivity index is 1.70. The van der Waals surface area contributed by atoms with Crippen molar-refractivity contribution >= 4 is 23.6 Å². The van der Waals surface area contributed by atoms with E-state index in [0.29, 0.717) is 5.56 Å². The van der Waals surface area contributed by atoms with Crippen LogP contribution in [0.25, 0.3) is 6.08 Å². The maximum atomic E-state index is 12.9. The number of para-hydroxylation sites is 1. The number of ether oxygens (including phenoxy) is 1. The molecule has 0 aliphatic rings. The highest BCUT2D eigenvalue weighted by molar-refractivity contribution is 6.11. The molecule has 0 fully saturated rings. The van der Waals surface area contributed by atoms with Gasteiger partial charge in [0.05, 0.1) is 11.1 Å². The highest BCUT2D eigenvalue weighted by Gasteiger charge is 2.21. The Kier molecular flexibility index (Phi) is 6.37. The summed E-state index contributed by atoms with van der Waals surface area (Å²) < 4.78 is 5.33. The van der Waals surface area contributed by atoms with Crippen molar-refractivity contribution in [3.63, 3.8) is 0 Å². The molecule has 0 saturated heterocycles. The Morgan fingerprint density at radius 2 is 1.39 bits per heavy atom. The molecule has 0 spiro atoms. The summed E-state index contributed by atoms with van der Waals surface area (Å²) in [6.45, 7) is 0.130. The van der Waals surface area contributed by atoms with Crippen molar-refractivity contribution in [2.75, 3.05) is 18.6 Å². The van der Waals surface area contributed by atoms with E-state index in [2.05, 4.69) is 0 Å². The molecule has 140 valence electrons. The predicted molar refractivity (Wildman–Crippen MR) is 111 cm³/mol. The van der Waals surface area contributed by atoms with Gasteiger partial charge in [0, 0.05) is 12.7 Å². The number of carbonyl (C=O) groups excluding carboxylic acids is 2. The minimum atomic E-state index is -0.525. The van der Waals surface area contributed by atoms with Crippen molar-refractivity contribution in [2.24, 2.45) is 0 Å². The lowest BCUT2D eigenvalue weighted by molar-refractivity contribution is 0.0546. The molecule has 0 unspecified atom stereocenters. The number of esters is 1. The third kappa shape index (κ3) is 4.74. The van der Waals surface area contributed by atoms with E-state index in [-0.39, 0.29) is 18.1 Å². The SMILES string of the molecule is CN(C(=O)c1ccccc1C(=O)OC/C=C/c1ccccc1)c1ccccc1. The summed E-state index contributed by atoms with van der Waals surface area (Å²) in [5, 5.41) is 0. The average Bonchev–Trinajstić information content (AvgIpc) is 2.77. The van der Waals surface area contributed by atoms with Gasteiger partial charge < -0.3 is 9.64 Å². The summed E-state index contributed by atoms with van der Waals surface area (Å²) >= 11 is 0. The lowest BCUT2D eigenvalue weighted by Gasteiger charge is -2.18. The molecule has 4 heteroatoms. The topological polar surface area (TPSA) is 46.6 Å². The molecule has 0 aliphatic heterocycles. The molecule has 0 heterocycles. The molecule has 4 nitrogen and oxygen atoms in total. The number of anilines is 1. The summed E-state index contributed by atoms with van der Waals surface area (Å²) in [6, 6.07) is 25.7. The molecule has 3 aromatic rings. The third-order valence-electron chi connectivity index (χ3n) is 4.25. The number of hydrogen-bond donors (Lipinski definition) is 0. The minimum absolute atomic E-state index is 0.130. The molecule has 28 heavy (non-hydrogen) atoms. The average molecular weight is 371 g/mol. The summed E-state index contributed by atoms with van der Waals surface area (Å²) in [7, 11) is 1.68. The first-order valence-electron chi connectivity index (χ1n) is 8.97. The van der Waals surface area contributed by atoms with Crippen molar-refractivity contribution in [3.8, 4) is 0 Å². The molecule has 0 bridgehead atoms. The first-order chi connectivity index (χ1) is 13.7. The molecule has 0 saturated carbocycles. The van der Waals surface area contributed by atoms with E-state index in [4.69, 9.17) is 4.74 Å². The van der Waals surface area contributed by atoms with Crippen LogP contribution in [0.3, 0.4) is 0 Å². The van der Waals surface area contributed by atoms with Gasteiger partial charge in [0.15, 0.2) is 0 Å². The normalized spacial score (nSPS) is 10.6. The molecule has 3 aromatic carbocycles. The molecule has 0 aliphatic carbocycles. The van der Waals surface area contributed by atoms with Crippen LogP contribution in [0.5, 0.6) is 0 Å². The van der Waals surface area contributed by atoms with E-state index in [9.17, 15) is 9.59 Å². The minimum Gasteiger partial charge on any atom is -0.458 e. The van der Waals surface area contributed by atoms with Crippen LogP contribution < -0.4 is 4.90 Å². The fraction of sp³-hybridized carbons (Fsp3) is 0.0833. The van der Waals surface area contributed by atoms with Crippen LogP contribution in [0.2, 0.25) is 0 Å². The maximum absolute atomic E-state index is 12.9. The van der Waals surface area contributed by atoms with Gasteiger partial charge in [-0.05, 0) is 35.9 Å². The molecule has 3 rings (SSSR count). The monoisotopic (exact) mass is 371 g/mol. The predicted octanol–water partition coefficient (Wildman–Crippen LogP) is 4.83. The molecular formula is C24H21NO3. The van der Waals surface area contributed by atoms with Gasteiger partial charge in [0.25, 0.3) is 5.91 Å². The molecule has 0 radical (unpaired) electrons.